The fourth-order valence-corrected chi connectivity index (χ4v) is 1.57. The first-order chi connectivity index (χ1) is 7.79. The second kappa shape index (κ2) is 4.96. The van der Waals surface area contributed by atoms with Crippen molar-refractivity contribution in [2.24, 2.45) is 0 Å². The van der Waals surface area contributed by atoms with E-state index >= 15 is 0 Å². The number of benzene rings is 1. The molecule has 3 nitrogen and oxygen atoms in total. The lowest BCUT2D eigenvalue weighted by atomic mass is 9.99. The molecular formula is C13H18ClNO2. The summed E-state index contributed by atoms with van der Waals surface area (Å²) >= 11 is 5.97. The molecule has 0 atom stereocenters. The number of nitrogens with zero attached hydrogens (tertiary/aromatic N) is 1. The maximum absolute atomic E-state index is 12.3. The molecule has 0 saturated carbocycles. The molecule has 4 heteroatoms. The summed E-state index contributed by atoms with van der Waals surface area (Å²) in [5.74, 6) is -0.141. The van der Waals surface area contributed by atoms with Gasteiger partial charge in [-0.25, -0.2) is 0 Å². The Morgan fingerprint density at radius 1 is 1.47 bits per heavy atom. The molecule has 17 heavy (non-hydrogen) atoms. The summed E-state index contributed by atoms with van der Waals surface area (Å²) in [5.41, 5.74) is 0.0852. The van der Waals surface area contributed by atoms with Gasteiger partial charge in [0.2, 0.25) is 0 Å². The van der Waals surface area contributed by atoms with Gasteiger partial charge >= 0.3 is 0 Å². The third kappa shape index (κ3) is 2.91. The van der Waals surface area contributed by atoms with Gasteiger partial charge in [0.25, 0.3) is 5.91 Å². The summed E-state index contributed by atoms with van der Waals surface area (Å²) in [4.78, 5) is 13.9. The lowest BCUT2D eigenvalue weighted by molar-refractivity contribution is 0.0620. The number of phenols is 1. The van der Waals surface area contributed by atoms with Gasteiger partial charge in [-0.1, -0.05) is 18.5 Å². The summed E-state index contributed by atoms with van der Waals surface area (Å²) in [5, 5.41) is 9.75. The molecule has 0 bridgehead atoms. The Labute approximate surface area is 107 Å². The predicted molar refractivity (Wildman–Crippen MR) is 69.6 cm³/mol. The van der Waals surface area contributed by atoms with Gasteiger partial charge in [0.1, 0.15) is 5.75 Å². The van der Waals surface area contributed by atoms with Crippen LogP contribution in [0.2, 0.25) is 5.02 Å². The van der Waals surface area contributed by atoms with Crippen LogP contribution < -0.4 is 0 Å². The van der Waals surface area contributed by atoms with E-state index < -0.39 is 0 Å². The highest BCUT2D eigenvalue weighted by atomic mass is 35.5. The van der Waals surface area contributed by atoms with E-state index in [1.807, 2.05) is 20.8 Å². The largest absolute Gasteiger partial charge is 0.508 e. The van der Waals surface area contributed by atoms with Crippen molar-refractivity contribution in [1.82, 2.24) is 4.90 Å². The highest BCUT2D eigenvalue weighted by molar-refractivity contribution is 6.33. The molecule has 0 radical (unpaired) electrons. The number of carbonyl (C=O) groups is 1. The summed E-state index contributed by atoms with van der Waals surface area (Å²) < 4.78 is 0. The summed E-state index contributed by atoms with van der Waals surface area (Å²) in [6, 6.07) is 4.38. The average Bonchev–Trinajstić information content (AvgIpc) is 2.30. The van der Waals surface area contributed by atoms with Crippen molar-refractivity contribution in [2.75, 3.05) is 7.05 Å². The smallest absolute Gasteiger partial charge is 0.255 e. The Morgan fingerprint density at radius 3 is 2.59 bits per heavy atom. The minimum atomic E-state index is -0.244. The molecule has 94 valence electrons. The second-order valence-corrected chi connectivity index (χ2v) is 5.10. The van der Waals surface area contributed by atoms with Crippen LogP contribution in [0, 0.1) is 0 Å². The Hall–Kier alpha value is -1.22. The molecule has 1 aromatic rings. The molecule has 0 aliphatic rings. The maximum atomic E-state index is 12.3. The lowest BCUT2D eigenvalue weighted by Gasteiger charge is -2.35. The SMILES string of the molecule is CCC(C)(C)N(C)C(=O)c1cc(O)ccc1Cl. The summed E-state index contributed by atoms with van der Waals surface area (Å²) in [6.45, 7) is 6.00. The van der Waals surface area contributed by atoms with Gasteiger partial charge < -0.3 is 10.0 Å². The molecule has 1 rings (SSSR count). The standard InChI is InChI=1S/C13H18ClNO2/c1-5-13(2,3)15(4)12(17)10-8-9(16)6-7-11(10)14/h6-8,16H,5H2,1-4H3. The van der Waals surface area contributed by atoms with Crippen molar-refractivity contribution in [1.29, 1.82) is 0 Å². The first-order valence-electron chi connectivity index (χ1n) is 5.56. The first-order valence-corrected chi connectivity index (χ1v) is 5.94. The molecule has 1 N–H and O–H groups in total. The number of phenolic OH excluding ortho intramolecular Hbond substituents is 1. The van der Waals surface area contributed by atoms with Crippen LogP contribution >= 0.6 is 11.6 Å². The first kappa shape index (κ1) is 13.8. The molecule has 0 aliphatic carbocycles. The molecule has 0 fully saturated rings. The number of hydrogen-bond acceptors (Lipinski definition) is 2. The van der Waals surface area contributed by atoms with Gasteiger partial charge in [0.15, 0.2) is 0 Å². The van der Waals surface area contributed by atoms with Crippen LogP contribution in [-0.2, 0) is 0 Å². The highest BCUT2D eigenvalue weighted by Gasteiger charge is 2.27. The topological polar surface area (TPSA) is 40.5 Å². The van der Waals surface area contributed by atoms with Gasteiger partial charge in [-0.3, -0.25) is 4.79 Å². The lowest BCUT2D eigenvalue weighted by Crippen LogP contribution is -2.44. The number of halogens is 1. The maximum Gasteiger partial charge on any atom is 0.255 e. The van der Waals surface area contributed by atoms with Crippen molar-refractivity contribution in [2.45, 2.75) is 32.7 Å². The highest BCUT2D eigenvalue weighted by Crippen LogP contribution is 2.25. The molecular weight excluding hydrogens is 238 g/mol. The van der Waals surface area contributed by atoms with Gasteiger partial charge in [-0.15, -0.1) is 0 Å². The molecule has 1 amide bonds. The van der Waals surface area contributed by atoms with Gasteiger partial charge in [-0.2, -0.15) is 0 Å². The van der Waals surface area contributed by atoms with Crippen molar-refractivity contribution >= 4 is 17.5 Å². The fraction of sp³-hybridized carbons (Fsp3) is 0.462. The zero-order valence-corrected chi connectivity index (χ0v) is 11.4. The van der Waals surface area contributed by atoms with E-state index in [-0.39, 0.29) is 17.2 Å². The van der Waals surface area contributed by atoms with Crippen molar-refractivity contribution in [3.63, 3.8) is 0 Å². The number of hydrogen-bond donors (Lipinski definition) is 1. The Morgan fingerprint density at radius 2 is 2.06 bits per heavy atom. The quantitative estimate of drug-likeness (QED) is 0.900. The van der Waals surface area contributed by atoms with Crippen molar-refractivity contribution in [3.05, 3.63) is 28.8 Å². The van der Waals surface area contributed by atoms with Crippen LogP contribution in [0.25, 0.3) is 0 Å². The van der Waals surface area contributed by atoms with Gasteiger partial charge in [-0.05, 0) is 38.5 Å². The normalized spacial score (nSPS) is 11.4. The van der Waals surface area contributed by atoms with E-state index in [9.17, 15) is 9.90 Å². The molecule has 0 spiro atoms. The van der Waals surface area contributed by atoms with Gasteiger partial charge in [0.05, 0.1) is 10.6 Å². The molecule has 0 heterocycles. The van der Waals surface area contributed by atoms with Crippen LogP contribution in [-0.4, -0.2) is 28.5 Å². The fourth-order valence-electron chi connectivity index (χ4n) is 1.37. The number of amides is 1. The van der Waals surface area contributed by atoms with Crippen molar-refractivity contribution in [3.8, 4) is 5.75 Å². The van der Waals surface area contributed by atoms with E-state index in [2.05, 4.69) is 0 Å². The van der Waals surface area contributed by atoms with Crippen LogP contribution in [0.3, 0.4) is 0 Å². The zero-order chi connectivity index (χ0) is 13.2. The monoisotopic (exact) mass is 255 g/mol. The van der Waals surface area contributed by atoms with E-state index in [4.69, 9.17) is 11.6 Å². The van der Waals surface area contributed by atoms with Gasteiger partial charge in [0, 0.05) is 12.6 Å². The van der Waals surface area contributed by atoms with Crippen molar-refractivity contribution < 1.29 is 9.90 Å². The molecule has 0 unspecified atom stereocenters. The molecule has 0 aliphatic heterocycles. The van der Waals surface area contributed by atoms with Crippen LogP contribution in [0.15, 0.2) is 18.2 Å². The third-order valence-corrected chi connectivity index (χ3v) is 3.59. The number of aromatic hydroxyl groups is 1. The third-order valence-electron chi connectivity index (χ3n) is 3.26. The average molecular weight is 256 g/mol. The Balaban J connectivity index is 3.08. The molecule has 0 saturated heterocycles. The minimum absolute atomic E-state index is 0.0421. The summed E-state index contributed by atoms with van der Waals surface area (Å²) in [7, 11) is 1.74. The van der Waals surface area contributed by atoms with E-state index in [0.717, 1.165) is 6.42 Å². The van der Waals surface area contributed by atoms with E-state index in [1.165, 1.54) is 18.2 Å². The minimum Gasteiger partial charge on any atom is -0.508 e. The number of rotatable bonds is 3. The Kier molecular flexibility index (Phi) is 4.04. The Bertz CT molecular complexity index is 429. The number of carbonyl (C=O) groups excluding carboxylic acids is 1. The van der Waals surface area contributed by atoms with Crippen LogP contribution in [0.5, 0.6) is 5.75 Å². The predicted octanol–water partition coefficient (Wildman–Crippen LogP) is 3.31. The summed E-state index contributed by atoms with van der Waals surface area (Å²) in [6.07, 6.45) is 0.839. The van der Waals surface area contributed by atoms with Crippen LogP contribution in [0.4, 0.5) is 0 Å². The van der Waals surface area contributed by atoms with Crippen LogP contribution in [0.1, 0.15) is 37.6 Å². The zero-order valence-electron chi connectivity index (χ0n) is 10.6. The molecule has 0 aromatic heterocycles. The molecule has 1 aromatic carbocycles. The van der Waals surface area contributed by atoms with E-state index in [1.54, 1.807) is 11.9 Å². The van der Waals surface area contributed by atoms with E-state index in [0.29, 0.717) is 10.6 Å². The second-order valence-electron chi connectivity index (χ2n) is 4.69.